The summed E-state index contributed by atoms with van der Waals surface area (Å²) in [6.45, 7) is 2.14. The zero-order valence-electron chi connectivity index (χ0n) is 14.0. The Kier molecular flexibility index (Phi) is 4.28. The molecule has 1 aromatic heterocycles. The SMILES string of the molecule is COc1nc2c(c(=O)n1C)CN(C1CCCCC1)C(=O)C(C)N2. The third kappa shape index (κ3) is 2.80. The number of carbonyl (C=O) groups is 1. The largest absolute Gasteiger partial charge is 0.468 e. The molecule has 1 atom stereocenters. The van der Waals surface area contributed by atoms with Gasteiger partial charge >= 0.3 is 6.01 Å². The molecule has 1 fully saturated rings. The Balaban J connectivity index is 2.03. The van der Waals surface area contributed by atoms with Gasteiger partial charge in [-0.15, -0.1) is 0 Å². The number of carbonyl (C=O) groups excluding carboxylic acids is 1. The van der Waals surface area contributed by atoms with Crippen molar-refractivity contribution >= 4 is 11.7 Å². The topological polar surface area (TPSA) is 76.5 Å². The highest BCUT2D eigenvalue weighted by Crippen LogP contribution is 2.28. The van der Waals surface area contributed by atoms with E-state index < -0.39 is 6.04 Å². The Bertz CT molecular complexity index is 664. The molecule has 0 radical (unpaired) electrons. The molecule has 1 saturated carbocycles. The third-order valence-electron chi connectivity index (χ3n) is 4.88. The minimum Gasteiger partial charge on any atom is -0.468 e. The number of nitrogens with one attached hydrogen (secondary N) is 1. The number of anilines is 1. The molecule has 1 aromatic rings. The summed E-state index contributed by atoms with van der Waals surface area (Å²) in [6.07, 6.45) is 5.53. The van der Waals surface area contributed by atoms with Crippen LogP contribution in [0.2, 0.25) is 0 Å². The normalized spacial score (nSPS) is 22.3. The first-order valence-electron chi connectivity index (χ1n) is 8.24. The van der Waals surface area contributed by atoms with Crippen LogP contribution >= 0.6 is 0 Å². The number of nitrogens with zero attached hydrogens (tertiary/aromatic N) is 3. The number of aromatic nitrogens is 2. The maximum atomic E-state index is 12.8. The van der Waals surface area contributed by atoms with E-state index in [1.54, 1.807) is 7.05 Å². The average Bonchev–Trinajstić information content (AvgIpc) is 2.69. The lowest BCUT2D eigenvalue weighted by molar-refractivity contribution is -0.135. The van der Waals surface area contributed by atoms with Crippen LogP contribution < -0.4 is 15.6 Å². The smallest absolute Gasteiger partial charge is 0.300 e. The highest BCUT2D eigenvalue weighted by Gasteiger charge is 2.34. The highest BCUT2D eigenvalue weighted by molar-refractivity contribution is 5.85. The molecule has 126 valence electrons. The van der Waals surface area contributed by atoms with Crippen LogP contribution in [-0.2, 0) is 18.4 Å². The van der Waals surface area contributed by atoms with Crippen LogP contribution in [0.5, 0.6) is 6.01 Å². The fraction of sp³-hybridized carbons (Fsp3) is 0.688. The molecule has 1 amide bonds. The summed E-state index contributed by atoms with van der Waals surface area (Å²) in [5, 5.41) is 3.09. The minimum atomic E-state index is -0.400. The first kappa shape index (κ1) is 15.8. The lowest BCUT2D eigenvalue weighted by Gasteiger charge is -2.34. The van der Waals surface area contributed by atoms with E-state index in [2.05, 4.69) is 10.3 Å². The van der Waals surface area contributed by atoms with Crippen molar-refractivity contribution in [1.29, 1.82) is 0 Å². The number of ether oxygens (including phenoxy) is 1. The van der Waals surface area contributed by atoms with E-state index in [0.717, 1.165) is 25.7 Å². The summed E-state index contributed by atoms with van der Waals surface area (Å²) in [5.74, 6) is 0.500. The molecule has 7 nitrogen and oxygen atoms in total. The van der Waals surface area contributed by atoms with Crippen LogP contribution in [0.25, 0.3) is 0 Å². The Morgan fingerprint density at radius 3 is 2.57 bits per heavy atom. The molecular formula is C16H24N4O3. The molecule has 0 spiro atoms. The lowest BCUT2D eigenvalue weighted by atomic mass is 9.93. The maximum Gasteiger partial charge on any atom is 0.300 e. The number of amides is 1. The maximum absolute atomic E-state index is 12.8. The summed E-state index contributed by atoms with van der Waals surface area (Å²) in [5.41, 5.74) is 0.374. The Hall–Kier alpha value is -2.05. The molecule has 1 aliphatic carbocycles. The zero-order valence-corrected chi connectivity index (χ0v) is 14.0. The van der Waals surface area contributed by atoms with Crippen molar-refractivity contribution in [3.8, 4) is 6.01 Å². The van der Waals surface area contributed by atoms with Gasteiger partial charge in [0, 0.05) is 13.1 Å². The van der Waals surface area contributed by atoms with E-state index in [9.17, 15) is 9.59 Å². The van der Waals surface area contributed by atoms with Crippen LogP contribution in [-0.4, -0.2) is 39.6 Å². The fourth-order valence-electron chi connectivity index (χ4n) is 3.54. The van der Waals surface area contributed by atoms with E-state index in [1.165, 1.54) is 18.1 Å². The molecule has 7 heteroatoms. The Labute approximate surface area is 135 Å². The van der Waals surface area contributed by atoms with Gasteiger partial charge in [0.15, 0.2) is 0 Å². The molecule has 0 bridgehead atoms. The second-order valence-corrected chi connectivity index (χ2v) is 6.41. The van der Waals surface area contributed by atoms with Crippen LogP contribution in [0.1, 0.15) is 44.6 Å². The van der Waals surface area contributed by atoms with Crippen molar-refractivity contribution in [2.24, 2.45) is 7.05 Å². The summed E-state index contributed by atoms with van der Waals surface area (Å²) < 4.78 is 6.54. The van der Waals surface area contributed by atoms with Crippen molar-refractivity contribution < 1.29 is 9.53 Å². The van der Waals surface area contributed by atoms with Gasteiger partial charge in [-0.25, -0.2) is 0 Å². The molecule has 2 heterocycles. The second-order valence-electron chi connectivity index (χ2n) is 6.41. The van der Waals surface area contributed by atoms with Gasteiger partial charge in [-0.3, -0.25) is 14.2 Å². The quantitative estimate of drug-likeness (QED) is 0.888. The average molecular weight is 320 g/mol. The number of methoxy groups -OCH3 is 1. The molecule has 1 aliphatic heterocycles. The van der Waals surface area contributed by atoms with E-state index >= 15 is 0 Å². The molecule has 23 heavy (non-hydrogen) atoms. The summed E-state index contributed by atoms with van der Waals surface area (Å²) >= 11 is 0. The predicted octanol–water partition coefficient (Wildman–Crippen LogP) is 1.26. The number of hydrogen-bond acceptors (Lipinski definition) is 5. The van der Waals surface area contributed by atoms with Crippen molar-refractivity contribution in [1.82, 2.24) is 14.5 Å². The number of fused-ring (bicyclic) bond motifs is 1. The van der Waals surface area contributed by atoms with Crippen LogP contribution in [0.3, 0.4) is 0 Å². The van der Waals surface area contributed by atoms with Gasteiger partial charge in [-0.05, 0) is 19.8 Å². The predicted molar refractivity (Wildman–Crippen MR) is 86.5 cm³/mol. The molecule has 0 saturated heterocycles. The lowest BCUT2D eigenvalue weighted by Crippen LogP contribution is -2.46. The molecular weight excluding hydrogens is 296 g/mol. The van der Waals surface area contributed by atoms with Gasteiger partial charge in [-0.2, -0.15) is 4.98 Å². The summed E-state index contributed by atoms with van der Waals surface area (Å²) in [4.78, 5) is 31.7. The summed E-state index contributed by atoms with van der Waals surface area (Å²) in [6, 6.07) is 0.0627. The van der Waals surface area contributed by atoms with Crippen molar-refractivity contribution in [3.05, 3.63) is 15.9 Å². The van der Waals surface area contributed by atoms with Gasteiger partial charge in [0.25, 0.3) is 5.56 Å². The number of rotatable bonds is 2. The van der Waals surface area contributed by atoms with E-state index in [4.69, 9.17) is 4.74 Å². The van der Waals surface area contributed by atoms with E-state index in [1.807, 2.05) is 11.8 Å². The van der Waals surface area contributed by atoms with Crippen molar-refractivity contribution in [2.45, 2.75) is 57.7 Å². The Morgan fingerprint density at radius 1 is 1.22 bits per heavy atom. The molecule has 1 N–H and O–H groups in total. The molecule has 2 aliphatic rings. The van der Waals surface area contributed by atoms with E-state index in [-0.39, 0.29) is 23.5 Å². The highest BCUT2D eigenvalue weighted by atomic mass is 16.5. The second kappa shape index (κ2) is 6.22. The zero-order chi connectivity index (χ0) is 16.6. The molecule has 1 unspecified atom stereocenters. The van der Waals surface area contributed by atoms with Gasteiger partial charge < -0.3 is 15.0 Å². The van der Waals surface area contributed by atoms with Gasteiger partial charge in [0.05, 0.1) is 19.2 Å². The van der Waals surface area contributed by atoms with E-state index in [0.29, 0.717) is 17.9 Å². The first-order valence-corrected chi connectivity index (χ1v) is 8.24. The van der Waals surface area contributed by atoms with Gasteiger partial charge in [0.1, 0.15) is 11.9 Å². The van der Waals surface area contributed by atoms with Crippen molar-refractivity contribution in [2.75, 3.05) is 12.4 Å². The molecule has 0 aromatic carbocycles. The monoisotopic (exact) mass is 320 g/mol. The van der Waals surface area contributed by atoms with Crippen LogP contribution in [0.15, 0.2) is 4.79 Å². The van der Waals surface area contributed by atoms with Crippen LogP contribution in [0.4, 0.5) is 5.82 Å². The fourth-order valence-corrected chi connectivity index (χ4v) is 3.54. The third-order valence-corrected chi connectivity index (χ3v) is 4.88. The summed E-state index contributed by atoms with van der Waals surface area (Å²) in [7, 11) is 3.11. The number of hydrogen-bond donors (Lipinski definition) is 1. The van der Waals surface area contributed by atoms with Crippen molar-refractivity contribution in [3.63, 3.8) is 0 Å². The molecule has 3 rings (SSSR count). The van der Waals surface area contributed by atoms with Crippen LogP contribution in [0, 0.1) is 0 Å². The standard InChI is InChI=1S/C16H24N4O3/c1-10-14(21)20(11-7-5-4-6-8-11)9-12-13(17-10)18-16(23-3)19(2)15(12)22/h10-11,17H,4-9H2,1-3H3. The van der Waals surface area contributed by atoms with Gasteiger partial charge in [0.2, 0.25) is 5.91 Å². The first-order chi connectivity index (χ1) is 11.0. The van der Waals surface area contributed by atoms with Gasteiger partial charge in [-0.1, -0.05) is 19.3 Å². The Morgan fingerprint density at radius 2 is 1.91 bits per heavy atom. The minimum absolute atomic E-state index is 0.0379.